The first kappa shape index (κ1) is 12.1. The molecule has 4 nitrogen and oxygen atoms in total. The molecule has 0 heterocycles. The Morgan fingerprint density at radius 3 is 2.44 bits per heavy atom. The summed E-state index contributed by atoms with van der Waals surface area (Å²) in [5, 5.41) is 0. The van der Waals surface area contributed by atoms with Crippen molar-refractivity contribution >= 4 is 23.1 Å². The van der Waals surface area contributed by atoms with Crippen LogP contribution in [0.4, 0.5) is 5.69 Å². The Morgan fingerprint density at radius 2 is 1.94 bits per heavy atom. The maximum atomic E-state index is 10.9. The molecule has 0 bridgehead atoms. The Morgan fingerprint density at radius 1 is 1.31 bits per heavy atom. The molecule has 0 radical (unpaired) electrons. The van der Waals surface area contributed by atoms with Gasteiger partial charge in [-0.15, -0.1) is 0 Å². The van der Waals surface area contributed by atoms with E-state index in [1.165, 1.54) is 6.92 Å². The van der Waals surface area contributed by atoms with E-state index in [-0.39, 0.29) is 11.6 Å². The fourth-order valence-electron chi connectivity index (χ4n) is 1.05. The molecule has 0 unspecified atom stereocenters. The van der Waals surface area contributed by atoms with Crippen LogP contribution in [0, 0.1) is 0 Å². The lowest BCUT2D eigenvalue weighted by molar-refractivity contribution is -0.111. The van der Waals surface area contributed by atoms with E-state index < -0.39 is 0 Å². The van der Waals surface area contributed by atoms with Crippen LogP contribution in [0.15, 0.2) is 40.3 Å². The molecule has 0 aliphatic carbocycles. The van der Waals surface area contributed by atoms with Crippen LogP contribution in [0.3, 0.4) is 0 Å². The van der Waals surface area contributed by atoms with Gasteiger partial charge < -0.3 is 5.73 Å². The van der Waals surface area contributed by atoms with E-state index in [9.17, 15) is 4.79 Å². The molecule has 16 heavy (non-hydrogen) atoms. The highest BCUT2D eigenvalue weighted by Crippen LogP contribution is 2.11. The summed E-state index contributed by atoms with van der Waals surface area (Å²) >= 11 is 0. The lowest BCUT2D eigenvalue weighted by Crippen LogP contribution is -2.22. The van der Waals surface area contributed by atoms with Gasteiger partial charge in [-0.2, -0.15) is 0 Å². The first-order valence-electron chi connectivity index (χ1n) is 5.11. The van der Waals surface area contributed by atoms with Gasteiger partial charge in [0.05, 0.1) is 5.69 Å². The third-order valence-electron chi connectivity index (χ3n) is 1.94. The molecular formula is C12H15N3O. The summed E-state index contributed by atoms with van der Waals surface area (Å²) in [7, 11) is 0. The predicted molar refractivity (Wildman–Crippen MR) is 66.1 cm³/mol. The number of amidine groups is 2. The van der Waals surface area contributed by atoms with Crippen LogP contribution in [-0.4, -0.2) is 17.5 Å². The van der Waals surface area contributed by atoms with E-state index >= 15 is 0 Å². The van der Waals surface area contributed by atoms with Crippen LogP contribution in [0.5, 0.6) is 0 Å². The van der Waals surface area contributed by atoms with Crippen molar-refractivity contribution in [2.75, 3.05) is 0 Å². The maximum absolute atomic E-state index is 10.9. The number of carbonyl (C=O) groups excluding carboxylic acids is 1. The van der Waals surface area contributed by atoms with Crippen molar-refractivity contribution < 1.29 is 4.79 Å². The maximum Gasteiger partial charge on any atom is 0.194 e. The summed E-state index contributed by atoms with van der Waals surface area (Å²) in [6.07, 6.45) is 0.628. The number of Topliss-reactive ketones (excluding diaryl/α,β-unsaturated/α-hetero) is 1. The number of carbonyl (C=O) groups is 1. The summed E-state index contributed by atoms with van der Waals surface area (Å²) in [5.74, 6) is 0.310. The SMILES string of the molecule is CCC(=Nc1ccccc1)N=C(N)C(C)=O. The second kappa shape index (κ2) is 5.80. The second-order valence-corrected chi connectivity index (χ2v) is 3.27. The van der Waals surface area contributed by atoms with Gasteiger partial charge in [0.25, 0.3) is 0 Å². The zero-order chi connectivity index (χ0) is 12.0. The third kappa shape index (κ3) is 3.65. The third-order valence-corrected chi connectivity index (χ3v) is 1.94. The second-order valence-electron chi connectivity index (χ2n) is 3.27. The minimum absolute atomic E-state index is 0.00321. The highest BCUT2D eigenvalue weighted by atomic mass is 16.1. The lowest BCUT2D eigenvalue weighted by Gasteiger charge is -1.99. The number of ketones is 1. The smallest absolute Gasteiger partial charge is 0.194 e. The fraction of sp³-hybridized carbons (Fsp3) is 0.250. The molecule has 4 heteroatoms. The van der Waals surface area contributed by atoms with Gasteiger partial charge in [-0.05, 0) is 12.1 Å². The molecule has 0 aliphatic rings. The first-order chi connectivity index (χ1) is 7.63. The van der Waals surface area contributed by atoms with Gasteiger partial charge >= 0.3 is 0 Å². The summed E-state index contributed by atoms with van der Waals surface area (Å²) in [4.78, 5) is 19.2. The summed E-state index contributed by atoms with van der Waals surface area (Å²) in [5.41, 5.74) is 6.27. The molecule has 1 rings (SSSR count). The largest absolute Gasteiger partial charge is 0.381 e. The monoisotopic (exact) mass is 217 g/mol. The van der Waals surface area contributed by atoms with E-state index in [4.69, 9.17) is 5.73 Å². The molecule has 2 N–H and O–H groups in total. The standard InChI is InChI=1S/C12H15N3O/c1-3-11(15-12(13)9(2)16)14-10-7-5-4-6-8-10/h4-8H,3H2,1-2H3,(H2,13,14,15). The van der Waals surface area contributed by atoms with Crippen molar-refractivity contribution in [3.8, 4) is 0 Å². The van der Waals surface area contributed by atoms with Gasteiger partial charge in [0.15, 0.2) is 11.6 Å². The first-order valence-corrected chi connectivity index (χ1v) is 5.11. The Bertz CT molecular complexity index is 421. The number of hydrogen-bond donors (Lipinski definition) is 1. The molecule has 0 saturated carbocycles. The molecule has 1 aromatic carbocycles. The minimum Gasteiger partial charge on any atom is -0.381 e. The molecule has 0 aliphatic heterocycles. The number of rotatable bonds is 3. The molecule has 84 valence electrons. The van der Waals surface area contributed by atoms with Crippen molar-refractivity contribution in [3.63, 3.8) is 0 Å². The molecule has 0 spiro atoms. The topological polar surface area (TPSA) is 67.8 Å². The van der Waals surface area contributed by atoms with E-state index in [0.29, 0.717) is 12.3 Å². The van der Waals surface area contributed by atoms with Gasteiger partial charge in [-0.3, -0.25) is 4.79 Å². The lowest BCUT2D eigenvalue weighted by atomic mass is 10.3. The van der Waals surface area contributed by atoms with E-state index in [1.807, 2.05) is 37.3 Å². The molecule has 0 amide bonds. The summed E-state index contributed by atoms with van der Waals surface area (Å²) in [6.45, 7) is 3.30. The van der Waals surface area contributed by atoms with Crippen LogP contribution < -0.4 is 5.73 Å². The number of benzene rings is 1. The van der Waals surface area contributed by atoms with Gasteiger partial charge in [0, 0.05) is 13.3 Å². The van der Waals surface area contributed by atoms with Gasteiger partial charge in [-0.25, -0.2) is 9.98 Å². The highest BCUT2D eigenvalue weighted by molar-refractivity contribution is 6.39. The average Bonchev–Trinajstić information content (AvgIpc) is 2.29. The molecule has 0 fully saturated rings. The highest BCUT2D eigenvalue weighted by Gasteiger charge is 2.01. The molecule has 0 aromatic heterocycles. The van der Waals surface area contributed by atoms with Crippen LogP contribution in [0.1, 0.15) is 20.3 Å². The van der Waals surface area contributed by atoms with Crippen molar-refractivity contribution in [2.45, 2.75) is 20.3 Å². The summed E-state index contributed by atoms with van der Waals surface area (Å²) in [6, 6.07) is 9.44. The van der Waals surface area contributed by atoms with Gasteiger partial charge in [0.2, 0.25) is 0 Å². The van der Waals surface area contributed by atoms with Crippen molar-refractivity contribution in [1.82, 2.24) is 0 Å². The summed E-state index contributed by atoms with van der Waals surface area (Å²) < 4.78 is 0. The Kier molecular flexibility index (Phi) is 4.39. The minimum atomic E-state index is -0.241. The zero-order valence-electron chi connectivity index (χ0n) is 9.47. The molecular weight excluding hydrogens is 202 g/mol. The number of nitrogens with zero attached hydrogens (tertiary/aromatic N) is 2. The average molecular weight is 217 g/mol. The van der Waals surface area contributed by atoms with Crippen LogP contribution in [0.2, 0.25) is 0 Å². The van der Waals surface area contributed by atoms with E-state index in [2.05, 4.69) is 9.98 Å². The van der Waals surface area contributed by atoms with Crippen LogP contribution in [-0.2, 0) is 4.79 Å². The Hall–Kier alpha value is -1.97. The number of nitrogens with two attached hydrogens (primary N) is 1. The molecule has 0 atom stereocenters. The van der Waals surface area contributed by atoms with Gasteiger partial charge in [-0.1, -0.05) is 25.1 Å². The van der Waals surface area contributed by atoms with E-state index in [1.54, 1.807) is 0 Å². The number of aliphatic imine (C=N–C) groups is 2. The van der Waals surface area contributed by atoms with Crippen molar-refractivity contribution in [2.24, 2.45) is 15.7 Å². The quantitative estimate of drug-likeness (QED) is 0.622. The predicted octanol–water partition coefficient (Wildman–Crippen LogP) is 2.07. The van der Waals surface area contributed by atoms with Crippen molar-refractivity contribution in [1.29, 1.82) is 0 Å². The Labute approximate surface area is 94.9 Å². The number of hydrogen-bond acceptors (Lipinski definition) is 2. The fourth-order valence-corrected chi connectivity index (χ4v) is 1.05. The normalized spacial score (nSPS) is 12.6. The number of para-hydroxylation sites is 1. The molecule has 0 saturated heterocycles. The van der Waals surface area contributed by atoms with Crippen LogP contribution >= 0.6 is 0 Å². The van der Waals surface area contributed by atoms with Gasteiger partial charge in [0.1, 0.15) is 5.84 Å². The zero-order valence-corrected chi connectivity index (χ0v) is 9.47. The van der Waals surface area contributed by atoms with Crippen LogP contribution in [0.25, 0.3) is 0 Å². The van der Waals surface area contributed by atoms with E-state index in [0.717, 1.165) is 5.69 Å². The molecule has 1 aromatic rings. The van der Waals surface area contributed by atoms with Crippen molar-refractivity contribution in [3.05, 3.63) is 30.3 Å². The Balaban J connectivity index is 2.95.